The van der Waals surface area contributed by atoms with Gasteiger partial charge in [0.1, 0.15) is 4.83 Å². The molecule has 0 amide bonds. The Labute approximate surface area is 117 Å². The Morgan fingerprint density at radius 1 is 1.44 bits per heavy atom. The minimum Gasteiger partial charge on any atom is -0.465 e. The van der Waals surface area contributed by atoms with Crippen LogP contribution in [-0.2, 0) is 9.53 Å². The molecule has 88 valence electrons. The molecule has 16 heavy (non-hydrogen) atoms. The average molecular weight is 370 g/mol. The second kappa shape index (κ2) is 6.62. The first kappa shape index (κ1) is 14.0. The number of ether oxygens (including phenoxy) is 1. The maximum absolute atomic E-state index is 11.5. The van der Waals surface area contributed by atoms with E-state index in [4.69, 9.17) is 16.3 Å². The van der Waals surface area contributed by atoms with Crippen LogP contribution in [-0.4, -0.2) is 17.4 Å². The predicted octanol–water partition coefficient (Wildman–Crippen LogP) is 4.10. The van der Waals surface area contributed by atoms with Crippen molar-refractivity contribution in [3.05, 3.63) is 34.9 Å². The van der Waals surface area contributed by atoms with Gasteiger partial charge in [-0.05, 0) is 18.6 Å². The van der Waals surface area contributed by atoms with Crippen LogP contribution in [0.2, 0.25) is 5.02 Å². The molecule has 1 aromatic rings. The number of hydrogen-bond acceptors (Lipinski definition) is 2. The van der Waals surface area contributed by atoms with Crippen molar-refractivity contribution in [1.29, 1.82) is 0 Å². The maximum atomic E-state index is 11.5. The normalized spacial score (nSPS) is 14.2. The van der Waals surface area contributed by atoms with Crippen LogP contribution in [0.3, 0.4) is 0 Å². The molecule has 0 aliphatic heterocycles. The zero-order valence-electron chi connectivity index (χ0n) is 8.62. The van der Waals surface area contributed by atoms with E-state index in [1.165, 1.54) is 0 Å². The number of rotatable bonds is 4. The van der Waals surface area contributed by atoms with Gasteiger partial charge in [0.05, 0.1) is 11.4 Å². The van der Waals surface area contributed by atoms with Gasteiger partial charge in [-0.1, -0.05) is 61.7 Å². The fraction of sp³-hybridized carbons (Fsp3) is 0.364. The average Bonchev–Trinajstić information content (AvgIpc) is 2.28. The highest BCUT2D eigenvalue weighted by atomic mass is 79.9. The lowest BCUT2D eigenvalue weighted by atomic mass is 10.1. The number of carbonyl (C=O) groups is 1. The van der Waals surface area contributed by atoms with E-state index in [-0.39, 0.29) is 10.8 Å². The molecule has 0 fully saturated rings. The molecule has 0 radical (unpaired) electrons. The van der Waals surface area contributed by atoms with Crippen LogP contribution in [0.15, 0.2) is 24.3 Å². The Kier molecular flexibility index (Phi) is 5.79. The molecular weight excluding hydrogens is 359 g/mol. The monoisotopic (exact) mass is 368 g/mol. The molecule has 0 saturated heterocycles. The van der Waals surface area contributed by atoms with Crippen molar-refractivity contribution in [3.8, 4) is 0 Å². The number of esters is 1. The fourth-order valence-electron chi connectivity index (χ4n) is 1.20. The van der Waals surface area contributed by atoms with E-state index in [0.29, 0.717) is 11.6 Å². The van der Waals surface area contributed by atoms with Crippen LogP contribution in [0.4, 0.5) is 0 Å². The van der Waals surface area contributed by atoms with E-state index in [9.17, 15) is 4.79 Å². The van der Waals surface area contributed by atoms with Gasteiger partial charge in [0.25, 0.3) is 0 Å². The second-order valence-electron chi connectivity index (χ2n) is 3.08. The molecule has 0 saturated carbocycles. The van der Waals surface area contributed by atoms with Gasteiger partial charge in [0.2, 0.25) is 0 Å². The van der Waals surface area contributed by atoms with Gasteiger partial charge in [-0.3, -0.25) is 4.79 Å². The molecule has 2 atom stereocenters. The second-order valence-corrected chi connectivity index (χ2v) is 5.46. The van der Waals surface area contributed by atoms with Gasteiger partial charge in [-0.2, -0.15) is 0 Å². The van der Waals surface area contributed by atoms with Gasteiger partial charge in [-0.15, -0.1) is 0 Å². The molecule has 0 aliphatic rings. The van der Waals surface area contributed by atoms with Crippen molar-refractivity contribution in [2.75, 3.05) is 6.61 Å². The first-order valence-corrected chi connectivity index (χ1v) is 6.98. The summed E-state index contributed by atoms with van der Waals surface area (Å²) in [6.07, 6.45) is 0. The van der Waals surface area contributed by atoms with E-state index < -0.39 is 4.83 Å². The number of halogens is 3. The summed E-state index contributed by atoms with van der Waals surface area (Å²) in [6, 6.07) is 7.38. The van der Waals surface area contributed by atoms with Crippen LogP contribution in [0.5, 0.6) is 0 Å². The highest BCUT2D eigenvalue weighted by Crippen LogP contribution is 2.35. The fourth-order valence-corrected chi connectivity index (χ4v) is 2.61. The molecule has 1 rings (SSSR count). The summed E-state index contributed by atoms with van der Waals surface area (Å²) in [5.41, 5.74) is 0.860. The zero-order valence-corrected chi connectivity index (χ0v) is 12.5. The minimum absolute atomic E-state index is 0.208. The number of hydrogen-bond donors (Lipinski definition) is 0. The van der Waals surface area contributed by atoms with Crippen molar-refractivity contribution < 1.29 is 9.53 Å². The van der Waals surface area contributed by atoms with Crippen molar-refractivity contribution in [2.24, 2.45) is 0 Å². The van der Waals surface area contributed by atoms with Crippen LogP contribution >= 0.6 is 43.5 Å². The summed E-state index contributed by atoms with van der Waals surface area (Å²) in [5, 5.41) is 0.623. The maximum Gasteiger partial charge on any atom is 0.321 e. The smallest absolute Gasteiger partial charge is 0.321 e. The van der Waals surface area contributed by atoms with Crippen LogP contribution in [0.25, 0.3) is 0 Å². The molecule has 1 aromatic carbocycles. The molecular formula is C11H11Br2ClO2. The van der Waals surface area contributed by atoms with E-state index >= 15 is 0 Å². The summed E-state index contributed by atoms with van der Waals surface area (Å²) in [7, 11) is 0. The topological polar surface area (TPSA) is 26.3 Å². The Hall–Kier alpha value is -0.0600. The summed E-state index contributed by atoms with van der Waals surface area (Å²) < 4.78 is 4.93. The highest BCUT2D eigenvalue weighted by Gasteiger charge is 2.27. The van der Waals surface area contributed by atoms with E-state index in [1.54, 1.807) is 13.0 Å². The Bertz CT molecular complexity index is 371. The first-order chi connectivity index (χ1) is 7.57. The first-order valence-electron chi connectivity index (χ1n) is 4.77. The van der Waals surface area contributed by atoms with Crippen molar-refractivity contribution in [1.82, 2.24) is 0 Å². The van der Waals surface area contributed by atoms with E-state index in [0.717, 1.165) is 5.56 Å². The van der Waals surface area contributed by atoms with Crippen molar-refractivity contribution in [2.45, 2.75) is 16.6 Å². The number of benzene rings is 1. The van der Waals surface area contributed by atoms with E-state index in [2.05, 4.69) is 31.9 Å². The van der Waals surface area contributed by atoms with Crippen molar-refractivity contribution in [3.63, 3.8) is 0 Å². The summed E-state index contributed by atoms with van der Waals surface area (Å²) in [6.45, 7) is 2.14. The summed E-state index contributed by atoms with van der Waals surface area (Å²) in [4.78, 5) is 10.9. The van der Waals surface area contributed by atoms with Crippen LogP contribution < -0.4 is 0 Å². The quantitative estimate of drug-likeness (QED) is 0.589. The Morgan fingerprint density at radius 2 is 2.06 bits per heavy atom. The molecule has 0 unspecified atom stereocenters. The molecule has 0 heterocycles. The largest absolute Gasteiger partial charge is 0.465 e. The molecule has 0 bridgehead atoms. The molecule has 0 aromatic heterocycles. The van der Waals surface area contributed by atoms with Crippen molar-refractivity contribution >= 4 is 49.4 Å². The van der Waals surface area contributed by atoms with Gasteiger partial charge in [-0.25, -0.2) is 0 Å². The van der Waals surface area contributed by atoms with Crippen LogP contribution in [0.1, 0.15) is 17.3 Å². The molecule has 0 aliphatic carbocycles. The summed E-state index contributed by atoms with van der Waals surface area (Å²) in [5.74, 6) is -0.302. The number of alkyl halides is 2. The molecule has 2 nitrogen and oxygen atoms in total. The Balaban J connectivity index is 2.82. The van der Waals surface area contributed by atoms with E-state index in [1.807, 2.05) is 18.2 Å². The molecule has 5 heteroatoms. The molecule has 0 spiro atoms. The van der Waals surface area contributed by atoms with Gasteiger partial charge >= 0.3 is 5.97 Å². The lowest BCUT2D eigenvalue weighted by molar-refractivity contribution is -0.142. The third kappa shape index (κ3) is 3.47. The SMILES string of the molecule is CCOC(=O)[C@@H](Br)[C@@H](Br)c1ccccc1Cl. The zero-order chi connectivity index (χ0) is 12.1. The lowest BCUT2D eigenvalue weighted by Crippen LogP contribution is -2.21. The standard InChI is InChI=1S/C11H11Br2ClO2/c1-2-16-11(15)10(13)9(12)7-5-3-4-6-8(7)14/h3-6,9-10H,2H2,1H3/t9-,10-/m0/s1. The Morgan fingerprint density at radius 3 is 2.62 bits per heavy atom. The van der Waals surface area contributed by atoms with Gasteiger partial charge in [0.15, 0.2) is 0 Å². The third-order valence-corrected chi connectivity index (χ3v) is 4.95. The third-order valence-electron chi connectivity index (χ3n) is 1.97. The van der Waals surface area contributed by atoms with Gasteiger partial charge < -0.3 is 4.74 Å². The predicted molar refractivity (Wildman–Crippen MR) is 72.5 cm³/mol. The lowest BCUT2D eigenvalue weighted by Gasteiger charge is -2.16. The van der Waals surface area contributed by atoms with Gasteiger partial charge in [0, 0.05) is 5.02 Å². The molecule has 0 N–H and O–H groups in total. The highest BCUT2D eigenvalue weighted by molar-refractivity contribution is 9.12. The summed E-state index contributed by atoms with van der Waals surface area (Å²) >= 11 is 12.8. The minimum atomic E-state index is -0.452. The number of carbonyl (C=O) groups excluding carboxylic acids is 1. The van der Waals surface area contributed by atoms with Crippen LogP contribution in [0, 0.1) is 0 Å².